The Morgan fingerprint density at radius 1 is 1.50 bits per heavy atom. The molecular weight excluding hydrogens is 236 g/mol. The van der Waals surface area contributed by atoms with E-state index < -0.39 is 0 Å². The van der Waals surface area contributed by atoms with Gasteiger partial charge in [0.05, 0.1) is 9.48 Å². The first-order valence-corrected chi connectivity index (χ1v) is 5.76. The molecule has 1 saturated heterocycles. The van der Waals surface area contributed by atoms with Gasteiger partial charge in [0.2, 0.25) is 0 Å². The van der Waals surface area contributed by atoms with Gasteiger partial charge in [-0.3, -0.25) is 0 Å². The van der Waals surface area contributed by atoms with Crippen LogP contribution in [0.4, 0.5) is 0 Å². The van der Waals surface area contributed by atoms with E-state index in [1.807, 2.05) is 0 Å². The van der Waals surface area contributed by atoms with Crippen LogP contribution in [0.5, 0.6) is 0 Å². The minimum atomic E-state index is 0.689. The van der Waals surface area contributed by atoms with Crippen molar-refractivity contribution in [2.75, 3.05) is 13.1 Å². The van der Waals surface area contributed by atoms with Crippen LogP contribution in [0.1, 0.15) is 24.5 Å². The molecule has 2 heterocycles. The molecule has 2 rings (SSSR count). The summed E-state index contributed by atoms with van der Waals surface area (Å²) in [6.45, 7) is 2.28. The standard InChI is InChI=1S/C8H11BrN2S/c9-8-5-7(11-12-8)6-1-3-10-4-2-6/h5-6,10H,1-4H2. The van der Waals surface area contributed by atoms with Crippen LogP contribution in [0, 0.1) is 0 Å². The van der Waals surface area contributed by atoms with Gasteiger partial charge in [0.1, 0.15) is 0 Å². The third kappa shape index (κ3) is 1.87. The van der Waals surface area contributed by atoms with Crippen LogP contribution < -0.4 is 5.32 Å². The fourth-order valence-corrected chi connectivity index (χ4v) is 2.59. The van der Waals surface area contributed by atoms with E-state index in [0.29, 0.717) is 5.92 Å². The number of rotatable bonds is 1. The number of hydrogen-bond donors (Lipinski definition) is 1. The van der Waals surface area contributed by atoms with E-state index in [1.54, 1.807) is 11.5 Å². The average molecular weight is 247 g/mol. The van der Waals surface area contributed by atoms with Crippen LogP contribution in [0.2, 0.25) is 0 Å². The fraction of sp³-hybridized carbons (Fsp3) is 0.625. The van der Waals surface area contributed by atoms with Gasteiger partial charge in [-0.1, -0.05) is 0 Å². The molecule has 0 saturated carbocycles. The van der Waals surface area contributed by atoms with E-state index in [-0.39, 0.29) is 0 Å². The summed E-state index contributed by atoms with van der Waals surface area (Å²) in [6, 6.07) is 2.15. The molecule has 1 aliphatic rings. The molecule has 0 spiro atoms. The van der Waals surface area contributed by atoms with Crippen molar-refractivity contribution in [3.05, 3.63) is 15.5 Å². The van der Waals surface area contributed by atoms with Gasteiger partial charge in [-0.05, 0) is 59.5 Å². The zero-order valence-electron chi connectivity index (χ0n) is 6.72. The average Bonchev–Trinajstić information content (AvgIpc) is 2.54. The highest BCUT2D eigenvalue weighted by molar-refractivity contribution is 9.11. The van der Waals surface area contributed by atoms with Gasteiger partial charge in [-0.2, -0.15) is 4.37 Å². The zero-order chi connectivity index (χ0) is 8.39. The Labute approximate surface area is 84.7 Å². The molecule has 0 aromatic carbocycles. The van der Waals surface area contributed by atoms with Gasteiger partial charge in [0, 0.05) is 5.92 Å². The Balaban J connectivity index is 2.08. The Bertz CT molecular complexity index is 255. The fourth-order valence-electron chi connectivity index (χ4n) is 1.58. The first kappa shape index (κ1) is 8.66. The Kier molecular flexibility index (Phi) is 2.78. The van der Waals surface area contributed by atoms with Gasteiger partial charge >= 0.3 is 0 Å². The lowest BCUT2D eigenvalue weighted by Crippen LogP contribution is -2.26. The summed E-state index contributed by atoms with van der Waals surface area (Å²) in [7, 11) is 0. The Morgan fingerprint density at radius 2 is 2.25 bits per heavy atom. The van der Waals surface area contributed by atoms with E-state index in [2.05, 4.69) is 31.7 Å². The molecule has 0 amide bonds. The van der Waals surface area contributed by atoms with E-state index >= 15 is 0 Å². The summed E-state index contributed by atoms with van der Waals surface area (Å²) in [5, 5.41) is 3.36. The molecule has 1 aliphatic heterocycles. The smallest absolute Gasteiger partial charge is 0.0908 e. The highest BCUT2D eigenvalue weighted by Gasteiger charge is 2.17. The van der Waals surface area contributed by atoms with Crippen LogP contribution >= 0.6 is 27.5 Å². The second-order valence-corrected chi connectivity index (χ2v) is 5.26. The van der Waals surface area contributed by atoms with Crippen LogP contribution in [0.15, 0.2) is 9.85 Å². The molecule has 0 radical (unpaired) electrons. The van der Waals surface area contributed by atoms with E-state index in [0.717, 1.165) is 16.9 Å². The molecule has 4 heteroatoms. The van der Waals surface area contributed by atoms with E-state index in [9.17, 15) is 0 Å². The van der Waals surface area contributed by atoms with Gasteiger partial charge in [-0.15, -0.1) is 0 Å². The quantitative estimate of drug-likeness (QED) is 0.824. The summed E-state index contributed by atoms with van der Waals surface area (Å²) >= 11 is 4.98. The van der Waals surface area contributed by atoms with Crippen molar-refractivity contribution in [3.8, 4) is 0 Å². The van der Waals surface area contributed by atoms with Gasteiger partial charge < -0.3 is 5.32 Å². The number of nitrogens with one attached hydrogen (secondary N) is 1. The third-order valence-corrected chi connectivity index (χ3v) is 3.51. The SMILES string of the molecule is Brc1cc(C2CCNCC2)ns1. The van der Waals surface area contributed by atoms with Crippen molar-refractivity contribution in [1.82, 2.24) is 9.69 Å². The van der Waals surface area contributed by atoms with Crippen molar-refractivity contribution >= 4 is 27.5 Å². The highest BCUT2D eigenvalue weighted by Crippen LogP contribution is 2.28. The van der Waals surface area contributed by atoms with Crippen molar-refractivity contribution in [2.24, 2.45) is 0 Å². The third-order valence-electron chi connectivity index (χ3n) is 2.26. The molecule has 2 nitrogen and oxygen atoms in total. The molecule has 1 N–H and O–H groups in total. The van der Waals surface area contributed by atoms with Gasteiger partial charge in [-0.25, -0.2) is 0 Å². The van der Waals surface area contributed by atoms with Gasteiger partial charge in [0.15, 0.2) is 0 Å². The molecule has 0 atom stereocenters. The molecular formula is C8H11BrN2S. The Morgan fingerprint density at radius 3 is 2.83 bits per heavy atom. The molecule has 66 valence electrons. The van der Waals surface area contributed by atoms with Gasteiger partial charge in [0.25, 0.3) is 0 Å². The van der Waals surface area contributed by atoms with Crippen LogP contribution in [0.25, 0.3) is 0 Å². The van der Waals surface area contributed by atoms with Crippen LogP contribution in [-0.2, 0) is 0 Å². The minimum absolute atomic E-state index is 0.689. The lowest BCUT2D eigenvalue weighted by molar-refractivity contribution is 0.455. The molecule has 1 aromatic rings. The monoisotopic (exact) mass is 246 g/mol. The van der Waals surface area contributed by atoms with E-state index in [1.165, 1.54) is 18.5 Å². The summed E-state index contributed by atoms with van der Waals surface area (Å²) < 4.78 is 5.56. The van der Waals surface area contributed by atoms with E-state index in [4.69, 9.17) is 0 Å². The number of aromatic nitrogens is 1. The molecule has 0 unspecified atom stereocenters. The predicted octanol–water partition coefficient (Wildman–Crippen LogP) is 2.37. The number of hydrogen-bond acceptors (Lipinski definition) is 3. The predicted molar refractivity (Wildman–Crippen MR) is 54.7 cm³/mol. The number of piperidine rings is 1. The number of nitrogens with zero attached hydrogens (tertiary/aromatic N) is 1. The molecule has 12 heavy (non-hydrogen) atoms. The molecule has 0 bridgehead atoms. The lowest BCUT2D eigenvalue weighted by Gasteiger charge is -2.20. The summed E-state index contributed by atoms with van der Waals surface area (Å²) in [6.07, 6.45) is 2.46. The number of halogens is 1. The Hall–Kier alpha value is 0.0700. The summed E-state index contributed by atoms with van der Waals surface area (Å²) in [5.74, 6) is 0.689. The first-order valence-electron chi connectivity index (χ1n) is 4.19. The lowest BCUT2D eigenvalue weighted by atomic mass is 9.95. The molecule has 1 fully saturated rings. The van der Waals surface area contributed by atoms with Crippen molar-refractivity contribution in [1.29, 1.82) is 0 Å². The second kappa shape index (κ2) is 3.85. The van der Waals surface area contributed by atoms with Crippen molar-refractivity contribution < 1.29 is 0 Å². The second-order valence-electron chi connectivity index (χ2n) is 3.08. The largest absolute Gasteiger partial charge is 0.317 e. The van der Waals surface area contributed by atoms with Crippen LogP contribution in [0.3, 0.4) is 0 Å². The highest BCUT2D eigenvalue weighted by atomic mass is 79.9. The first-order chi connectivity index (χ1) is 5.86. The summed E-state index contributed by atoms with van der Waals surface area (Å²) in [5.41, 5.74) is 1.27. The summed E-state index contributed by atoms with van der Waals surface area (Å²) in [4.78, 5) is 0. The normalized spacial score (nSPS) is 19.8. The van der Waals surface area contributed by atoms with Crippen molar-refractivity contribution in [2.45, 2.75) is 18.8 Å². The zero-order valence-corrected chi connectivity index (χ0v) is 9.12. The molecule has 0 aliphatic carbocycles. The minimum Gasteiger partial charge on any atom is -0.317 e. The maximum absolute atomic E-state index is 4.41. The maximum atomic E-state index is 4.41. The topological polar surface area (TPSA) is 24.9 Å². The maximum Gasteiger partial charge on any atom is 0.0908 e. The van der Waals surface area contributed by atoms with Crippen molar-refractivity contribution in [3.63, 3.8) is 0 Å². The molecule has 1 aromatic heterocycles. The van der Waals surface area contributed by atoms with Crippen LogP contribution in [-0.4, -0.2) is 17.5 Å².